The van der Waals surface area contributed by atoms with Gasteiger partial charge >= 0.3 is 0 Å². The van der Waals surface area contributed by atoms with Crippen LogP contribution >= 0.6 is 0 Å². The van der Waals surface area contributed by atoms with Crippen molar-refractivity contribution in [3.8, 4) is 0 Å². The predicted octanol–water partition coefficient (Wildman–Crippen LogP) is 1.36. The van der Waals surface area contributed by atoms with E-state index in [2.05, 4.69) is 15.4 Å². The smallest absolute Gasteiger partial charge is 0.244 e. The van der Waals surface area contributed by atoms with E-state index < -0.39 is 55.8 Å². The van der Waals surface area contributed by atoms with Gasteiger partial charge < -0.3 is 15.4 Å². The lowest BCUT2D eigenvalue weighted by molar-refractivity contribution is -0.123. The molecule has 1 aromatic rings. The molecule has 1 aromatic carbocycles. The molecule has 1 saturated heterocycles. The Balaban J connectivity index is 2.31. The van der Waals surface area contributed by atoms with Crippen LogP contribution in [0.4, 0.5) is 14.5 Å². The number of hydrogen-bond acceptors (Lipinski definition) is 5. The first-order valence-electron chi connectivity index (χ1n) is 8.09. The van der Waals surface area contributed by atoms with Crippen LogP contribution in [0.15, 0.2) is 17.0 Å². The van der Waals surface area contributed by atoms with Crippen LogP contribution in [0.3, 0.4) is 0 Å². The van der Waals surface area contributed by atoms with Gasteiger partial charge in [0.05, 0.1) is 18.4 Å². The van der Waals surface area contributed by atoms with Gasteiger partial charge in [0.1, 0.15) is 22.6 Å². The van der Waals surface area contributed by atoms with E-state index in [9.17, 15) is 22.0 Å². The van der Waals surface area contributed by atoms with Gasteiger partial charge in [0.25, 0.3) is 0 Å². The second kappa shape index (κ2) is 7.55. The Labute approximate surface area is 151 Å². The number of benzene rings is 1. The molecule has 0 spiro atoms. The molecule has 7 nitrogen and oxygen atoms in total. The summed E-state index contributed by atoms with van der Waals surface area (Å²) >= 11 is 0. The van der Waals surface area contributed by atoms with E-state index in [1.807, 2.05) is 0 Å². The van der Waals surface area contributed by atoms with Crippen LogP contribution in [0.25, 0.3) is 0 Å². The molecule has 2 atom stereocenters. The zero-order valence-corrected chi connectivity index (χ0v) is 15.8. The monoisotopic (exact) mass is 391 g/mol. The molecule has 0 aromatic heterocycles. The number of anilines is 1. The summed E-state index contributed by atoms with van der Waals surface area (Å²) in [7, 11) is -4.24. The van der Waals surface area contributed by atoms with Crippen molar-refractivity contribution >= 4 is 21.6 Å². The topological polar surface area (TPSA) is 96.5 Å². The molecule has 0 saturated carbocycles. The van der Waals surface area contributed by atoms with Crippen molar-refractivity contribution in [1.82, 2.24) is 10.0 Å². The highest BCUT2D eigenvalue weighted by Gasteiger charge is 2.30. The maximum atomic E-state index is 14.1. The number of ether oxygens (including phenoxy) is 1. The molecule has 1 aliphatic rings. The molecule has 1 fully saturated rings. The summed E-state index contributed by atoms with van der Waals surface area (Å²) in [6, 6.07) is 0.465. The van der Waals surface area contributed by atoms with E-state index in [0.717, 1.165) is 6.07 Å². The Bertz CT molecular complexity index is 793. The summed E-state index contributed by atoms with van der Waals surface area (Å²) in [6.45, 7) is 7.33. The predicted molar refractivity (Wildman–Crippen MR) is 92.3 cm³/mol. The van der Waals surface area contributed by atoms with E-state index in [1.54, 1.807) is 27.7 Å². The average Bonchev–Trinajstić information content (AvgIpc) is 2.47. The quantitative estimate of drug-likeness (QED) is 0.720. The zero-order chi connectivity index (χ0) is 19.7. The van der Waals surface area contributed by atoms with E-state index in [0.29, 0.717) is 19.2 Å². The Morgan fingerprint density at radius 2 is 1.92 bits per heavy atom. The zero-order valence-electron chi connectivity index (χ0n) is 15.0. The van der Waals surface area contributed by atoms with Crippen molar-refractivity contribution in [2.75, 3.05) is 18.5 Å². The molecule has 1 heterocycles. The summed E-state index contributed by atoms with van der Waals surface area (Å²) < 4.78 is 60.5. The minimum absolute atomic E-state index is 0.426. The number of sulfonamides is 1. The van der Waals surface area contributed by atoms with Gasteiger partial charge in [-0.15, -0.1) is 0 Å². The van der Waals surface area contributed by atoms with Crippen LogP contribution in [0, 0.1) is 11.6 Å². The van der Waals surface area contributed by atoms with Gasteiger partial charge in [-0.25, -0.2) is 21.9 Å². The second-order valence-electron chi connectivity index (χ2n) is 7.11. The summed E-state index contributed by atoms with van der Waals surface area (Å²) in [4.78, 5) is 11.6. The highest BCUT2D eigenvalue weighted by Crippen LogP contribution is 2.24. The number of carbonyl (C=O) groups is 1. The Morgan fingerprint density at radius 1 is 1.27 bits per heavy atom. The van der Waals surface area contributed by atoms with E-state index in [1.165, 1.54) is 0 Å². The minimum Gasteiger partial charge on any atom is -0.375 e. The molecule has 10 heteroatoms. The van der Waals surface area contributed by atoms with Gasteiger partial charge in [-0.2, -0.15) is 0 Å². The van der Waals surface area contributed by atoms with Crippen LogP contribution in [0.1, 0.15) is 27.7 Å². The molecule has 3 N–H and O–H groups in total. The first-order valence-corrected chi connectivity index (χ1v) is 9.58. The van der Waals surface area contributed by atoms with Crippen molar-refractivity contribution in [1.29, 1.82) is 0 Å². The molecular weight excluding hydrogens is 368 g/mol. The third-order valence-corrected chi connectivity index (χ3v) is 5.38. The Morgan fingerprint density at radius 3 is 2.50 bits per heavy atom. The number of carbonyl (C=O) groups excluding carboxylic acids is 1. The minimum atomic E-state index is -4.24. The largest absolute Gasteiger partial charge is 0.375 e. The standard InChI is InChI=1S/C16H23F2N3O4S/c1-9-14(19-5-6-25-9)15(22)20-12-8-13(11(18)7-10(12)17)26(23,24)21-16(2,3)4/h7-9,14,19,21H,5-6H2,1-4H3,(H,20,22)/t9-,14+/m1/s1. The molecule has 1 aliphatic heterocycles. The molecule has 0 bridgehead atoms. The molecule has 26 heavy (non-hydrogen) atoms. The van der Waals surface area contributed by atoms with Crippen molar-refractivity contribution in [2.24, 2.45) is 0 Å². The Kier molecular flexibility index (Phi) is 6.01. The van der Waals surface area contributed by atoms with E-state index in [4.69, 9.17) is 4.74 Å². The van der Waals surface area contributed by atoms with Gasteiger partial charge in [-0.1, -0.05) is 0 Å². The highest BCUT2D eigenvalue weighted by atomic mass is 32.2. The van der Waals surface area contributed by atoms with Gasteiger partial charge in [-0.3, -0.25) is 4.79 Å². The summed E-state index contributed by atoms with van der Waals surface area (Å²) in [5.41, 5.74) is -1.28. The van der Waals surface area contributed by atoms with Crippen molar-refractivity contribution < 1.29 is 26.7 Å². The molecular formula is C16H23F2N3O4S. The third kappa shape index (κ3) is 4.97. The fraction of sp³-hybridized carbons (Fsp3) is 0.562. The van der Waals surface area contributed by atoms with Crippen LogP contribution in [0.2, 0.25) is 0 Å². The van der Waals surface area contributed by atoms with Gasteiger partial charge in [-0.05, 0) is 33.8 Å². The number of morpholine rings is 1. The lowest BCUT2D eigenvalue weighted by atomic mass is 10.1. The molecule has 1 amide bonds. The average molecular weight is 391 g/mol. The maximum absolute atomic E-state index is 14.1. The fourth-order valence-electron chi connectivity index (χ4n) is 2.53. The number of halogens is 2. The van der Waals surface area contributed by atoms with Crippen molar-refractivity contribution in [2.45, 2.75) is 50.3 Å². The second-order valence-corrected chi connectivity index (χ2v) is 8.77. The van der Waals surface area contributed by atoms with E-state index in [-0.39, 0.29) is 0 Å². The lowest BCUT2D eigenvalue weighted by Gasteiger charge is -2.29. The fourth-order valence-corrected chi connectivity index (χ4v) is 4.03. The first-order chi connectivity index (χ1) is 11.9. The number of hydrogen-bond donors (Lipinski definition) is 3. The number of rotatable bonds is 4. The van der Waals surface area contributed by atoms with Crippen LogP contribution in [-0.4, -0.2) is 45.2 Å². The maximum Gasteiger partial charge on any atom is 0.244 e. The summed E-state index contributed by atoms with van der Waals surface area (Å²) in [6.07, 6.45) is -0.446. The molecule has 2 rings (SSSR count). The molecule has 146 valence electrons. The number of nitrogens with one attached hydrogen (secondary N) is 3. The molecule has 0 radical (unpaired) electrons. The van der Waals surface area contributed by atoms with Crippen molar-refractivity contribution in [3.63, 3.8) is 0 Å². The first kappa shape index (κ1) is 20.7. The normalized spacial score (nSPS) is 21.5. The summed E-state index contributed by atoms with van der Waals surface area (Å²) in [5, 5.41) is 5.23. The van der Waals surface area contributed by atoms with Gasteiger partial charge in [0, 0.05) is 18.2 Å². The summed E-state index contributed by atoms with van der Waals surface area (Å²) in [5.74, 6) is -2.92. The lowest BCUT2D eigenvalue weighted by Crippen LogP contribution is -2.53. The SMILES string of the molecule is C[C@H]1OCCN[C@@H]1C(=O)Nc1cc(S(=O)(=O)NC(C)(C)C)c(F)cc1F. The third-order valence-electron chi connectivity index (χ3n) is 3.61. The Hall–Kier alpha value is -1.62. The number of amides is 1. The molecule has 0 unspecified atom stereocenters. The van der Waals surface area contributed by atoms with Gasteiger partial charge in [0.15, 0.2) is 0 Å². The highest BCUT2D eigenvalue weighted by molar-refractivity contribution is 7.89. The van der Waals surface area contributed by atoms with Gasteiger partial charge in [0.2, 0.25) is 15.9 Å². The van der Waals surface area contributed by atoms with Crippen LogP contribution in [0.5, 0.6) is 0 Å². The van der Waals surface area contributed by atoms with Crippen molar-refractivity contribution in [3.05, 3.63) is 23.8 Å². The molecule has 0 aliphatic carbocycles. The van der Waals surface area contributed by atoms with Crippen LogP contribution < -0.4 is 15.4 Å². The van der Waals surface area contributed by atoms with Crippen LogP contribution in [-0.2, 0) is 19.6 Å². The van der Waals surface area contributed by atoms with E-state index >= 15 is 0 Å².